The Labute approximate surface area is 125 Å². The highest BCUT2D eigenvalue weighted by Crippen LogP contribution is 2.28. The van der Waals surface area contributed by atoms with E-state index in [1.807, 2.05) is 18.2 Å². The van der Waals surface area contributed by atoms with Gasteiger partial charge in [0.1, 0.15) is 5.75 Å². The molecule has 1 aromatic carbocycles. The summed E-state index contributed by atoms with van der Waals surface area (Å²) in [7, 11) is 5.03. The number of amides is 1. The summed E-state index contributed by atoms with van der Waals surface area (Å²) in [5.74, 6) is 0.492. The third kappa shape index (κ3) is 2.65. The molecule has 1 heterocycles. The molecular formula is C14H15IN2O2. The van der Waals surface area contributed by atoms with Gasteiger partial charge in [-0.2, -0.15) is 0 Å². The molecule has 0 aliphatic rings. The minimum atomic E-state index is -0.0676. The van der Waals surface area contributed by atoms with Crippen LogP contribution >= 0.6 is 22.6 Å². The first-order chi connectivity index (χ1) is 9.08. The maximum Gasteiger partial charge on any atom is 0.257 e. The number of carbonyl (C=O) groups excluding carboxylic acids is 1. The Morgan fingerprint density at radius 1 is 1.42 bits per heavy atom. The molecule has 100 valence electrons. The quantitative estimate of drug-likeness (QED) is 0.617. The SMILES string of the molecule is COc1cc2nccc(CI)c2cc1C(=O)N(C)C. The van der Waals surface area contributed by atoms with E-state index >= 15 is 0 Å². The van der Waals surface area contributed by atoms with Crippen LogP contribution in [0.4, 0.5) is 0 Å². The van der Waals surface area contributed by atoms with Crippen LogP contribution < -0.4 is 4.74 Å². The van der Waals surface area contributed by atoms with Crippen LogP contribution in [0.25, 0.3) is 10.9 Å². The van der Waals surface area contributed by atoms with Crippen molar-refractivity contribution in [1.29, 1.82) is 0 Å². The van der Waals surface area contributed by atoms with Gasteiger partial charge in [0, 0.05) is 36.2 Å². The molecule has 0 aliphatic carbocycles. The van der Waals surface area contributed by atoms with Crippen LogP contribution in [0.1, 0.15) is 15.9 Å². The van der Waals surface area contributed by atoms with E-state index in [-0.39, 0.29) is 5.91 Å². The van der Waals surface area contributed by atoms with Crippen LogP contribution in [0.15, 0.2) is 24.4 Å². The van der Waals surface area contributed by atoms with Crippen molar-refractivity contribution < 1.29 is 9.53 Å². The molecule has 1 amide bonds. The number of benzene rings is 1. The lowest BCUT2D eigenvalue weighted by atomic mass is 10.1. The zero-order valence-corrected chi connectivity index (χ0v) is 13.3. The third-order valence-corrected chi connectivity index (χ3v) is 3.76. The van der Waals surface area contributed by atoms with Crippen molar-refractivity contribution in [2.45, 2.75) is 4.43 Å². The summed E-state index contributed by atoms with van der Waals surface area (Å²) in [5, 5.41) is 1.00. The Kier molecular flexibility index (Phi) is 4.24. The van der Waals surface area contributed by atoms with E-state index in [1.54, 1.807) is 32.3 Å². The maximum absolute atomic E-state index is 12.2. The number of methoxy groups -OCH3 is 1. The van der Waals surface area contributed by atoms with E-state index in [4.69, 9.17) is 4.74 Å². The van der Waals surface area contributed by atoms with E-state index in [9.17, 15) is 4.79 Å². The Morgan fingerprint density at radius 3 is 2.74 bits per heavy atom. The summed E-state index contributed by atoms with van der Waals surface area (Å²) < 4.78 is 6.18. The highest BCUT2D eigenvalue weighted by atomic mass is 127. The summed E-state index contributed by atoms with van der Waals surface area (Å²) >= 11 is 2.31. The molecule has 2 aromatic rings. The van der Waals surface area contributed by atoms with Crippen LogP contribution in [0.5, 0.6) is 5.75 Å². The molecule has 19 heavy (non-hydrogen) atoms. The molecule has 0 spiro atoms. The Balaban J connectivity index is 2.72. The predicted octanol–water partition coefficient (Wildman–Crippen LogP) is 2.88. The summed E-state index contributed by atoms with van der Waals surface area (Å²) in [6.07, 6.45) is 1.78. The summed E-state index contributed by atoms with van der Waals surface area (Å²) in [4.78, 5) is 18.1. The summed E-state index contributed by atoms with van der Waals surface area (Å²) in [6.45, 7) is 0. The monoisotopic (exact) mass is 370 g/mol. The van der Waals surface area contributed by atoms with Crippen molar-refractivity contribution in [1.82, 2.24) is 9.88 Å². The average Bonchev–Trinajstić information content (AvgIpc) is 2.44. The molecule has 0 aliphatic heterocycles. The molecule has 1 aromatic heterocycles. The van der Waals surface area contributed by atoms with Crippen molar-refractivity contribution in [2.24, 2.45) is 0 Å². The molecule has 0 bridgehead atoms. The van der Waals surface area contributed by atoms with Crippen LogP contribution in [0.3, 0.4) is 0 Å². The normalized spacial score (nSPS) is 10.5. The second-order valence-electron chi connectivity index (χ2n) is 4.37. The van der Waals surface area contributed by atoms with Gasteiger partial charge in [0.05, 0.1) is 18.2 Å². The minimum absolute atomic E-state index is 0.0676. The minimum Gasteiger partial charge on any atom is -0.496 e. The number of nitrogens with zero attached hydrogens (tertiary/aromatic N) is 2. The molecule has 5 heteroatoms. The van der Waals surface area contributed by atoms with Crippen LogP contribution in [-0.4, -0.2) is 37.0 Å². The second kappa shape index (κ2) is 5.73. The van der Waals surface area contributed by atoms with Gasteiger partial charge in [-0.3, -0.25) is 9.78 Å². The van der Waals surface area contributed by atoms with Gasteiger partial charge in [0.15, 0.2) is 0 Å². The standard InChI is InChI=1S/C14H15IN2O2/c1-17(2)14(18)11-6-10-9(8-15)4-5-16-12(10)7-13(11)19-3/h4-7H,8H2,1-3H3. The van der Waals surface area contributed by atoms with Crippen molar-refractivity contribution in [3.63, 3.8) is 0 Å². The van der Waals surface area contributed by atoms with Gasteiger partial charge in [-0.1, -0.05) is 22.6 Å². The van der Waals surface area contributed by atoms with E-state index in [0.717, 1.165) is 15.3 Å². The van der Waals surface area contributed by atoms with Gasteiger partial charge in [-0.15, -0.1) is 0 Å². The van der Waals surface area contributed by atoms with Crippen molar-refractivity contribution in [3.8, 4) is 5.75 Å². The first-order valence-corrected chi connectivity index (χ1v) is 7.34. The van der Waals surface area contributed by atoms with Crippen LogP contribution in [-0.2, 0) is 4.43 Å². The highest BCUT2D eigenvalue weighted by Gasteiger charge is 2.16. The molecule has 0 fully saturated rings. The second-order valence-corrected chi connectivity index (χ2v) is 5.14. The van der Waals surface area contributed by atoms with E-state index < -0.39 is 0 Å². The van der Waals surface area contributed by atoms with Crippen LogP contribution in [0.2, 0.25) is 0 Å². The molecular weight excluding hydrogens is 355 g/mol. The number of hydrogen-bond acceptors (Lipinski definition) is 3. The van der Waals surface area contributed by atoms with E-state index in [0.29, 0.717) is 11.3 Å². The predicted molar refractivity (Wildman–Crippen MR) is 84.0 cm³/mol. The van der Waals surface area contributed by atoms with Crippen molar-refractivity contribution >= 4 is 39.4 Å². The molecule has 0 saturated heterocycles. The lowest BCUT2D eigenvalue weighted by Gasteiger charge is -2.15. The van der Waals surface area contributed by atoms with Gasteiger partial charge >= 0.3 is 0 Å². The van der Waals surface area contributed by atoms with Gasteiger partial charge in [-0.25, -0.2) is 0 Å². The lowest BCUT2D eigenvalue weighted by molar-refractivity contribution is 0.0824. The largest absolute Gasteiger partial charge is 0.496 e. The topological polar surface area (TPSA) is 42.4 Å². The molecule has 4 nitrogen and oxygen atoms in total. The Morgan fingerprint density at radius 2 is 2.16 bits per heavy atom. The number of pyridine rings is 1. The lowest BCUT2D eigenvalue weighted by Crippen LogP contribution is -2.22. The average molecular weight is 370 g/mol. The molecule has 0 saturated carbocycles. The number of halogens is 1. The van der Waals surface area contributed by atoms with Crippen molar-refractivity contribution in [3.05, 3.63) is 35.5 Å². The zero-order valence-electron chi connectivity index (χ0n) is 11.1. The van der Waals surface area contributed by atoms with Gasteiger partial charge in [0.2, 0.25) is 0 Å². The van der Waals surface area contributed by atoms with E-state index in [2.05, 4.69) is 27.6 Å². The number of ether oxygens (including phenoxy) is 1. The van der Waals surface area contributed by atoms with Gasteiger partial charge in [0.25, 0.3) is 5.91 Å². The zero-order chi connectivity index (χ0) is 14.0. The Hall–Kier alpha value is -1.37. The van der Waals surface area contributed by atoms with Crippen LogP contribution in [0, 0.1) is 0 Å². The molecule has 0 radical (unpaired) electrons. The molecule has 2 rings (SSSR count). The maximum atomic E-state index is 12.2. The van der Waals surface area contributed by atoms with Gasteiger partial charge < -0.3 is 9.64 Å². The molecule has 0 N–H and O–H groups in total. The highest BCUT2D eigenvalue weighted by molar-refractivity contribution is 14.1. The Bertz CT molecular complexity index is 626. The fourth-order valence-corrected chi connectivity index (χ4v) is 2.59. The number of alkyl halides is 1. The number of rotatable bonds is 3. The number of fused-ring (bicyclic) bond motifs is 1. The first kappa shape index (κ1) is 14.0. The summed E-state index contributed by atoms with van der Waals surface area (Å²) in [6, 6.07) is 5.67. The smallest absolute Gasteiger partial charge is 0.257 e. The fraction of sp³-hybridized carbons (Fsp3) is 0.286. The number of carbonyl (C=O) groups is 1. The fourth-order valence-electron chi connectivity index (χ4n) is 1.92. The molecule has 0 atom stereocenters. The molecule has 0 unspecified atom stereocenters. The van der Waals surface area contributed by atoms with Crippen molar-refractivity contribution in [2.75, 3.05) is 21.2 Å². The third-order valence-electron chi connectivity index (χ3n) is 2.93. The summed E-state index contributed by atoms with van der Waals surface area (Å²) in [5.41, 5.74) is 2.58. The van der Waals surface area contributed by atoms with E-state index in [1.165, 1.54) is 5.56 Å². The van der Waals surface area contributed by atoms with Gasteiger partial charge in [-0.05, 0) is 17.7 Å². The number of hydrogen-bond donors (Lipinski definition) is 0. The first-order valence-electron chi connectivity index (χ1n) is 5.81. The number of aromatic nitrogens is 1.